The van der Waals surface area contributed by atoms with Crippen LogP contribution in [0.25, 0.3) is 0 Å². The van der Waals surface area contributed by atoms with Crippen molar-refractivity contribution in [3.05, 3.63) is 65.7 Å². The molecular formula is C23H30N4O2. The second-order valence-electron chi connectivity index (χ2n) is 7.67. The fraction of sp³-hybridized carbons (Fsp3) is 0.435. The fourth-order valence-corrected chi connectivity index (χ4v) is 3.88. The number of nitrogens with one attached hydrogen (secondary N) is 1. The van der Waals surface area contributed by atoms with Gasteiger partial charge in [-0.3, -0.25) is 4.90 Å². The van der Waals surface area contributed by atoms with Crippen LogP contribution in [-0.4, -0.2) is 68.3 Å². The molecule has 0 aliphatic carbocycles. The van der Waals surface area contributed by atoms with E-state index in [9.17, 15) is 4.79 Å². The third-order valence-corrected chi connectivity index (χ3v) is 5.66. The number of carbonyl (C=O) groups excluding carboxylic acids is 1. The van der Waals surface area contributed by atoms with E-state index in [1.54, 1.807) is 0 Å². The van der Waals surface area contributed by atoms with E-state index in [0.717, 1.165) is 64.6 Å². The standard InChI is InChI=1S/C23H30N4O2/c28-23(27-12-10-26(11-13-27)22-4-2-1-3-5-22)24-18-20-6-8-21(9-7-20)19-25-14-16-29-17-15-25/h1-9H,10-19H2,(H,24,28). The lowest BCUT2D eigenvalue weighted by Gasteiger charge is -2.36. The molecule has 29 heavy (non-hydrogen) atoms. The molecule has 2 aliphatic heterocycles. The maximum atomic E-state index is 12.5. The molecule has 2 aliphatic rings. The van der Waals surface area contributed by atoms with Gasteiger partial charge in [-0.05, 0) is 23.3 Å². The van der Waals surface area contributed by atoms with Crippen molar-refractivity contribution in [2.45, 2.75) is 13.1 Å². The molecule has 1 N–H and O–H groups in total. The molecule has 2 aromatic rings. The summed E-state index contributed by atoms with van der Waals surface area (Å²) in [6.45, 7) is 8.40. The average molecular weight is 395 g/mol. The maximum absolute atomic E-state index is 12.5. The highest BCUT2D eigenvalue weighted by Gasteiger charge is 2.21. The van der Waals surface area contributed by atoms with Gasteiger partial charge in [-0.2, -0.15) is 0 Å². The largest absolute Gasteiger partial charge is 0.379 e. The van der Waals surface area contributed by atoms with Crippen molar-refractivity contribution >= 4 is 11.7 Å². The molecule has 2 aromatic carbocycles. The summed E-state index contributed by atoms with van der Waals surface area (Å²) in [6.07, 6.45) is 0. The van der Waals surface area contributed by atoms with Gasteiger partial charge < -0.3 is 19.9 Å². The Labute approximate surface area is 173 Å². The summed E-state index contributed by atoms with van der Waals surface area (Å²) in [5.74, 6) is 0. The molecule has 2 heterocycles. The highest BCUT2D eigenvalue weighted by atomic mass is 16.5. The van der Waals surface area contributed by atoms with Crippen molar-refractivity contribution in [2.75, 3.05) is 57.4 Å². The van der Waals surface area contributed by atoms with E-state index in [0.29, 0.717) is 6.54 Å². The number of ether oxygens (including phenoxy) is 1. The van der Waals surface area contributed by atoms with Crippen LogP contribution in [0.4, 0.5) is 10.5 Å². The Morgan fingerprint density at radius 1 is 0.828 bits per heavy atom. The van der Waals surface area contributed by atoms with Gasteiger partial charge in [0.2, 0.25) is 0 Å². The molecule has 0 aromatic heterocycles. The normalized spacial score (nSPS) is 17.9. The van der Waals surface area contributed by atoms with Crippen LogP contribution in [0, 0.1) is 0 Å². The van der Waals surface area contributed by atoms with E-state index in [-0.39, 0.29) is 6.03 Å². The summed E-state index contributed by atoms with van der Waals surface area (Å²) in [4.78, 5) is 19.2. The number of hydrogen-bond donors (Lipinski definition) is 1. The molecule has 0 spiro atoms. The summed E-state index contributed by atoms with van der Waals surface area (Å²) in [6, 6.07) is 19.0. The van der Waals surface area contributed by atoms with Crippen molar-refractivity contribution in [1.29, 1.82) is 0 Å². The highest BCUT2D eigenvalue weighted by Crippen LogP contribution is 2.15. The zero-order valence-corrected chi connectivity index (χ0v) is 16.9. The Kier molecular flexibility index (Phi) is 6.64. The first-order chi connectivity index (χ1) is 14.3. The molecule has 2 amide bonds. The Bertz CT molecular complexity index is 767. The minimum atomic E-state index is 0.0232. The number of rotatable bonds is 5. The van der Waals surface area contributed by atoms with Gasteiger partial charge in [-0.15, -0.1) is 0 Å². The molecule has 0 unspecified atom stereocenters. The van der Waals surface area contributed by atoms with E-state index in [2.05, 4.69) is 63.6 Å². The van der Waals surface area contributed by atoms with Crippen LogP contribution >= 0.6 is 0 Å². The first-order valence-corrected chi connectivity index (χ1v) is 10.5. The Morgan fingerprint density at radius 2 is 1.48 bits per heavy atom. The molecule has 0 radical (unpaired) electrons. The third kappa shape index (κ3) is 5.49. The SMILES string of the molecule is O=C(NCc1ccc(CN2CCOCC2)cc1)N1CCN(c2ccccc2)CC1. The van der Waals surface area contributed by atoms with E-state index in [4.69, 9.17) is 4.74 Å². The van der Waals surface area contributed by atoms with Gasteiger partial charge in [0.25, 0.3) is 0 Å². The number of anilines is 1. The molecule has 0 saturated carbocycles. The summed E-state index contributed by atoms with van der Waals surface area (Å²) in [7, 11) is 0. The minimum Gasteiger partial charge on any atom is -0.379 e. The van der Waals surface area contributed by atoms with Crippen LogP contribution in [-0.2, 0) is 17.8 Å². The molecule has 0 atom stereocenters. The number of morpholine rings is 1. The van der Waals surface area contributed by atoms with Gasteiger partial charge in [-0.1, -0.05) is 42.5 Å². The lowest BCUT2D eigenvalue weighted by atomic mass is 10.1. The summed E-state index contributed by atoms with van der Waals surface area (Å²) in [5.41, 5.74) is 3.66. The van der Waals surface area contributed by atoms with Gasteiger partial charge in [0.1, 0.15) is 0 Å². The molecule has 2 saturated heterocycles. The summed E-state index contributed by atoms with van der Waals surface area (Å²) < 4.78 is 5.40. The van der Waals surface area contributed by atoms with Crippen molar-refractivity contribution in [1.82, 2.24) is 15.1 Å². The number of para-hydroxylation sites is 1. The smallest absolute Gasteiger partial charge is 0.317 e. The lowest BCUT2D eigenvalue weighted by Crippen LogP contribution is -2.51. The topological polar surface area (TPSA) is 48.1 Å². The fourth-order valence-electron chi connectivity index (χ4n) is 3.88. The summed E-state index contributed by atoms with van der Waals surface area (Å²) >= 11 is 0. The number of nitrogens with zero attached hydrogens (tertiary/aromatic N) is 3. The van der Waals surface area contributed by atoms with Crippen LogP contribution in [0.1, 0.15) is 11.1 Å². The van der Waals surface area contributed by atoms with Crippen LogP contribution < -0.4 is 10.2 Å². The van der Waals surface area contributed by atoms with Gasteiger partial charge in [0.05, 0.1) is 13.2 Å². The van der Waals surface area contributed by atoms with E-state index >= 15 is 0 Å². The summed E-state index contributed by atoms with van der Waals surface area (Å²) in [5, 5.41) is 3.07. The van der Waals surface area contributed by atoms with E-state index < -0.39 is 0 Å². The van der Waals surface area contributed by atoms with E-state index in [1.165, 1.54) is 11.3 Å². The molecule has 6 nitrogen and oxygen atoms in total. The van der Waals surface area contributed by atoms with Crippen molar-refractivity contribution in [3.63, 3.8) is 0 Å². The number of benzene rings is 2. The number of hydrogen-bond acceptors (Lipinski definition) is 4. The molecule has 0 bridgehead atoms. The molecule has 6 heteroatoms. The van der Waals surface area contributed by atoms with Crippen LogP contribution in [0.2, 0.25) is 0 Å². The Hall–Kier alpha value is -2.57. The zero-order valence-electron chi connectivity index (χ0n) is 16.9. The zero-order chi connectivity index (χ0) is 19.9. The van der Waals surface area contributed by atoms with Gasteiger partial charge in [-0.25, -0.2) is 4.79 Å². The Balaban J connectivity index is 1.20. The van der Waals surface area contributed by atoms with Crippen molar-refractivity contribution < 1.29 is 9.53 Å². The second-order valence-corrected chi connectivity index (χ2v) is 7.67. The maximum Gasteiger partial charge on any atom is 0.317 e. The first-order valence-electron chi connectivity index (χ1n) is 10.5. The molecular weight excluding hydrogens is 364 g/mol. The number of urea groups is 1. The van der Waals surface area contributed by atoms with Gasteiger partial charge in [0.15, 0.2) is 0 Å². The van der Waals surface area contributed by atoms with Crippen molar-refractivity contribution in [2.24, 2.45) is 0 Å². The lowest BCUT2D eigenvalue weighted by molar-refractivity contribution is 0.0342. The number of piperazine rings is 1. The monoisotopic (exact) mass is 394 g/mol. The second kappa shape index (κ2) is 9.76. The minimum absolute atomic E-state index is 0.0232. The molecule has 4 rings (SSSR count). The van der Waals surface area contributed by atoms with Crippen LogP contribution in [0.3, 0.4) is 0 Å². The van der Waals surface area contributed by atoms with Gasteiger partial charge >= 0.3 is 6.03 Å². The van der Waals surface area contributed by atoms with Crippen molar-refractivity contribution in [3.8, 4) is 0 Å². The van der Waals surface area contributed by atoms with Crippen LogP contribution in [0.15, 0.2) is 54.6 Å². The quantitative estimate of drug-likeness (QED) is 0.847. The number of amides is 2. The van der Waals surface area contributed by atoms with E-state index in [1.807, 2.05) is 11.0 Å². The van der Waals surface area contributed by atoms with Gasteiger partial charge in [0, 0.05) is 58.0 Å². The first kappa shape index (κ1) is 19.7. The average Bonchev–Trinajstić information content (AvgIpc) is 2.80. The predicted octanol–water partition coefficient (Wildman–Crippen LogP) is 2.55. The Morgan fingerprint density at radius 3 is 2.17 bits per heavy atom. The highest BCUT2D eigenvalue weighted by molar-refractivity contribution is 5.74. The molecule has 2 fully saturated rings. The number of carbonyl (C=O) groups is 1. The predicted molar refractivity (Wildman–Crippen MR) is 115 cm³/mol. The molecule has 154 valence electrons. The van der Waals surface area contributed by atoms with Crippen LogP contribution in [0.5, 0.6) is 0 Å². The third-order valence-electron chi connectivity index (χ3n) is 5.66.